The number of hydrogen-bond donors (Lipinski definition) is 2. The van der Waals surface area contributed by atoms with Crippen molar-refractivity contribution in [2.75, 3.05) is 6.54 Å². The van der Waals surface area contributed by atoms with Crippen LogP contribution in [0.25, 0.3) is 0 Å². The molecule has 4 rings (SSSR count). The van der Waals surface area contributed by atoms with Gasteiger partial charge in [-0.3, -0.25) is 4.79 Å². The van der Waals surface area contributed by atoms with Crippen LogP contribution in [0, 0.1) is 12.8 Å². The number of nitrogens with one attached hydrogen (secondary N) is 1. The molecule has 31 heavy (non-hydrogen) atoms. The van der Waals surface area contributed by atoms with Crippen molar-refractivity contribution in [1.29, 1.82) is 0 Å². The van der Waals surface area contributed by atoms with Crippen molar-refractivity contribution in [3.8, 4) is 0 Å². The Morgan fingerprint density at radius 1 is 1.35 bits per heavy atom. The monoisotopic (exact) mass is 490 g/mol. The lowest BCUT2D eigenvalue weighted by atomic mass is 9.91. The van der Waals surface area contributed by atoms with E-state index in [-0.39, 0.29) is 18.4 Å². The van der Waals surface area contributed by atoms with E-state index in [1.165, 1.54) is 0 Å². The van der Waals surface area contributed by atoms with Gasteiger partial charge in [0.15, 0.2) is 5.84 Å². The summed E-state index contributed by atoms with van der Waals surface area (Å²) in [5, 5.41) is 21.9. The topological polar surface area (TPSA) is 100 Å². The number of aliphatic hydroxyl groups is 1. The van der Waals surface area contributed by atoms with Crippen LogP contribution in [0.15, 0.2) is 44.5 Å². The lowest BCUT2D eigenvalue weighted by Gasteiger charge is -2.30. The molecular formula is C22H27BrN4O4. The second-order valence-corrected chi connectivity index (χ2v) is 9.64. The first-order chi connectivity index (χ1) is 14.7. The van der Waals surface area contributed by atoms with Crippen LogP contribution in [0.4, 0.5) is 0 Å². The van der Waals surface area contributed by atoms with E-state index in [1.807, 2.05) is 52.0 Å². The average Bonchev–Trinajstić information content (AvgIpc) is 3.41. The van der Waals surface area contributed by atoms with Crippen LogP contribution in [-0.4, -0.2) is 45.6 Å². The van der Waals surface area contributed by atoms with Gasteiger partial charge in [-0.1, -0.05) is 52.2 Å². The summed E-state index contributed by atoms with van der Waals surface area (Å²) in [5.41, 5.74) is 0.785. The molecule has 2 aliphatic rings. The highest BCUT2D eigenvalue weighted by Gasteiger charge is 2.46. The molecule has 2 N–H and O–H groups in total. The maximum absolute atomic E-state index is 13.6. The molecule has 0 spiro atoms. The molecule has 0 radical (unpaired) electrons. The molecule has 0 bridgehead atoms. The zero-order valence-corrected chi connectivity index (χ0v) is 19.6. The standard InChI is InChI=1S/C22H27BrN4O4/c1-12(2)19(18-9-13(3)25-30-18)21(29)27-11-16(28)10-17(27)20-24-22(4,31-26-20)14-5-7-15(23)8-6-14/h5-9,12,16-17,19,28H,10-11H2,1-4H3,(H,24,26)/t16-,17+,19?,22-/m1/s1. The second kappa shape index (κ2) is 8.27. The molecule has 0 aliphatic carbocycles. The van der Waals surface area contributed by atoms with Gasteiger partial charge < -0.3 is 24.7 Å². The molecule has 2 aliphatic heterocycles. The molecule has 1 fully saturated rings. The van der Waals surface area contributed by atoms with Crippen molar-refractivity contribution < 1.29 is 19.3 Å². The minimum atomic E-state index is -0.849. The number of β-amino-alcohol motifs (C(OH)–C–C–N with tert-alkyl or cyclic N) is 1. The van der Waals surface area contributed by atoms with Crippen LogP contribution in [0.3, 0.4) is 0 Å². The lowest BCUT2D eigenvalue weighted by Crippen LogP contribution is -2.50. The average molecular weight is 491 g/mol. The molecule has 166 valence electrons. The molecule has 9 heteroatoms. The summed E-state index contributed by atoms with van der Waals surface area (Å²) in [6, 6.07) is 9.15. The molecule has 1 aromatic carbocycles. The molecule has 1 saturated heterocycles. The number of carbonyl (C=O) groups excluding carboxylic acids is 1. The number of halogens is 1. The summed E-state index contributed by atoms with van der Waals surface area (Å²) in [6.07, 6.45) is -0.250. The molecule has 3 heterocycles. The minimum Gasteiger partial charge on any atom is -0.391 e. The van der Waals surface area contributed by atoms with Gasteiger partial charge >= 0.3 is 0 Å². The Morgan fingerprint density at radius 2 is 2.06 bits per heavy atom. The first-order valence-corrected chi connectivity index (χ1v) is 11.2. The number of amidine groups is 1. The Hall–Kier alpha value is -2.39. The quantitative estimate of drug-likeness (QED) is 0.666. The number of oxime groups is 1. The van der Waals surface area contributed by atoms with Gasteiger partial charge in [-0.15, -0.1) is 0 Å². The van der Waals surface area contributed by atoms with Crippen molar-refractivity contribution in [1.82, 2.24) is 15.4 Å². The summed E-state index contributed by atoms with van der Waals surface area (Å²) >= 11 is 3.44. The molecule has 0 saturated carbocycles. The predicted octanol–water partition coefficient (Wildman–Crippen LogP) is 3.25. The van der Waals surface area contributed by atoms with Gasteiger partial charge in [-0.25, -0.2) is 0 Å². The summed E-state index contributed by atoms with van der Waals surface area (Å²) in [4.78, 5) is 21.0. The van der Waals surface area contributed by atoms with Crippen LogP contribution < -0.4 is 5.32 Å². The van der Waals surface area contributed by atoms with Crippen LogP contribution in [0.1, 0.15) is 50.1 Å². The fraction of sp³-hybridized carbons (Fsp3) is 0.500. The third-order valence-corrected chi connectivity index (χ3v) is 6.38. The zero-order valence-electron chi connectivity index (χ0n) is 18.0. The van der Waals surface area contributed by atoms with Crippen LogP contribution in [0.2, 0.25) is 0 Å². The third kappa shape index (κ3) is 4.21. The van der Waals surface area contributed by atoms with Crippen molar-refractivity contribution in [3.05, 3.63) is 51.8 Å². The highest BCUT2D eigenvalue weighted by molar-refractivity contribution is 9.10. The van der Waals surface area contributed by atoms with Gasteiger partial charge in [0, 0.05) is 36.0 Å². The Bertz CT molecular complexity index is 990. The predicted molar refractivity (Wildman–Crippen MR) is 118 cm³/mol. The van der Waals surface area contributed by atoms with Gasteiger partial charge in [-0.05, 0) is 25.0 Å². The number of benzene rings is 1. The summed E-state index contributed by atoms with van der Waals surface area (Å²) in [7, 11) is 0. The van der Waals surface area contributed by atoms with E-state index < -0.39 is 23.8 Å². The van der Waals surface area contributed by atoms with E-state index in [1.54, 1.807) is 11.0 Å². The highest BCUT2D eigenvalue weighted by Crippen LogP contribution is 2.34. The van der Waals surface area contributed by atoms with Gasteiger partial charge in [0.25, 0.3) is 0 Å². The van der Waals surface area contributed by atoms with Crippen molar-refractivity contribution >= 4 is 27.7 Å². The number of rotatable bonds is 5. The van der Waals surface area contributed by atoms with Crippen molar-refractivity contribution in [2.45, 2.75) is 57.9 Å². The Morgan fingerprint density at radius 3 is 2.68 bits per heavy atom. The Kier molecular flexibility index (Phi) is 5.83. The number of aliphatic hydroxyl groups excluding tert-OH is 1. The third-order valence-electron chi connectivity index (χ3n) is 5.85. The molecule has 1 amide bonds. The first kappa shape index (κ1) is 21.8. The highest BCUT2D eigenvalue weighted by atomic mass is 79.9. The number of likely N-dealkylation sites (tertiary alicyclic amines) is 1. The summed E-state index contributed by atoms with van der Waals surface area (Å²) in [5.74, 6) is 0.465. The maximum atomic E-state index is 13.6. The molecule has 1 aromatic heterocycles. The van der Waals surface area contributed by atoms with E-state index in [9.17, 15) is 9.90 Å². The molecule has 8 nitrogen and oxygen atoms in total. The smallest absolute Gasteiger partial charge is 0.234 e. The van der Waals surface area contributed by atoms with Crippen molar-refractivity contribution in [2.24, 2.45) is 11.1 Å². The van der Waals surface area contributed by atoms with Crippen molar-refractivity contribution in [3.63, 3.8) is 0 Å². The van der Waals surface area contributed by atoms with E-state index >= 15 is 0 Å². The van der Waals surface area contributed by atoms with Gasteiger partial charge in [0.1, 0.15) is 11.7 Å². The fourth-order valence-electron chi connectivity index (χ4n) is 4.23. The van der Waals surface area contributed by atoms with E-state index in [0.29, 0.717) is 18.0 Å². The molecule has 4 atom stereocenters. The lowest BCUT2D eigenvalue weighted by molar-refractivity contribution is -0.134. The summed E-state index contributed by atoms with van der Waals surface area (Å²) < 4.78 is 6.39. The van der Waals surface area contributed by atoms with Crippen LogP contribution in [-0.2, 0) is 15.4 Å². The van der Waals surface area contributed by atoms with Gasteiger partial charge in [-0.2, -0.15) is 0 Å². The number of aromatic nitrogens is 1. The molecule has 2 aromatic rings. The van der Waals surface area contributed by atoms with Crippen LogP contribution in [0.5, 0.6) is 0 Å². The Labute approximate surface area is 189 Å². The number of nitrogens with zero attached hydrogens (tertiary/aromatic N) is 3. The number of hydrogen-bond acceptors (Lipinski definition) is 7. The van der Waals surface area contributed by atoms with Gasteiger partial charge in [0.05, 0.1) is 17.8 Å². The maximum Gasteiger partial charge on any atom is 0.234 e. The first-order valence-electron chi connectivity index (χ1n) is 10.4. The molecular weight excluding hydrogens is 464 g/mol. The van der Waals surface area contributed by atoms with E-state index in [0.717, 1.165) is 15.7 Å². The minimum absolute atomic E-state index is 0.000926. The largest absolute Gasteiger partial charge is 0.391 e. The zero-order chi connectivity index (χ0) is 22.3. The second-order valence-electron chi connectivity index (χ2n) is 8.72. The Balaban J connectivity index is 1.57. The number of aryl methyl sites for hydroxylation is 1. The number of carbonyl (C=O) groups is 1. The number of amides is 1. The van der Waals surface area contributed by atoms with Gasteiger partial charge in [0.2, 0.25) is 11.6 Å². The molecule has 1 unspecified atom stereocenters. The van der Waals surface area contributed by atoms with E-state index in [4.69, 9.17) is 9.36 Å². The SMILES string of the molecule is Cc1cc(C(C(=O)N2C[C@H](O)C[C@H]2C2=NO[C@](C)(c3ccc(Br)cc3)N2)C(C)C)on1. The fourth-order valence-corrected chi connectivity index (χ4v) is 4.49. The van der Waals surface area contributed by atoms with Crippen LogP contribution >= 0.6 is 15.9 Å². The normalized spacial score (nSPS) is 26.5. The van der Waals surface area contributed by atoms with E-state index in [2.05, 4.69) is 31.6 Å². The summed E-state index contributed by atoms with van der Waals surface area (Å²) in [6.45, 7) is 7.89.